The molecule has 2 aliphatic heterocycles. The van der Waals surface area contributed by atoms with Gasteiger partial charge < -0.3 is 15.1 Å². The van der Waals surface area contributed by atoms with Crippen LogP contribution >= 0.6 is 0 Å². The highest BCUT2D eigenvalue weighted by Gasteiger charge is 2.24. The highest BCUT2D eigenvalue weighted by molar-refractivity contribution is 5.76. The number of aromatic nitrogens is 2. The average Bonchev–Trinajstić information content (AvgIpc) is 2.67. The van der Waals surface area contributed by atoms with Crippen molar-refractivity contribution in [3.05, 3.63) is 12.4 Å². The predicted molar refractivity (Wildman–Crippen MR) is 105 cm³/mol. The number of piperidine rings is 2. The van der Waals surface area contributed by atoms with Crippen molar-refractivity contribution in [1.82, 2.24) is 14.9 Å². The standard InChI is InChI=1S/C20H33N5O/c1-3-21-18-13-19(23-15-22-18)25-10-4-5-17(14-25)6-7-20(26)24-11-8-16(2)9-12-24/h13,15-17H,3-12,14H2,1-2H3,(H,21,22,23). The Balaban J connectivity index is 1.49. The van der Waals surface area contributed by atoms with Crippen LogP contribution < -0.4 is 10.2 Å². The van der Waals surface area contributed by atoms with E-state index in [1.807, 2.05) is 6.07 Å². The Labute approximate surface area is 157 Å². The SMILES string of the molecule is CCNc1cc(N2CCCC(CCC(=O)N3CCC(C)CC3)C2)ncn1. The molecule has 2 fully saturated rings. The first-order valence-electron chi connectivity index (χ1n) is 10.2. The molecule has 6 heteroatoms. The molecule has 0 aliphatic carbocycles. The number of carbonyl (C=O) groups excluding carboxylic acids is 1. The van der Waals surface area contributed by atoms with Crippen molar-refractivity contribution in [1.29, 1.82) is 0 Å². The first-order chi connectivity index (χ1) is 12.7. The molecular weight excluding hydrogens is 326 g/mol. The summed E-state index contributed by atoms with van der Waals surface area (Å²) in [6, 6.07) is 2.03. The second kappa shape index (κ2) is 9.19. The van der Waals surface area contributed by atoms with E-state index in [-0.39, 0.29) is 0 Å². The smallest absolute Gasteiger partial charge is 0.222 e. The van der Waals surface area contributed by atoms with Crippen molar-refractivity contribution >= 4 is 17.5 Å². The minimum Gasteiger partial charge on any atom is -0.370 e. The van der Waals surface area contributed by atoms with E-state index in [1.54, 1.807) is 6.33 Å². The lowest BCUT2D eigenvalue weighted by molar-refractivity contribution is -0.132. The van der Waals surface area contributed by atoms with Gasteiger partial charge in [-0.25, -0.2) is 9.97 Å². The number of rotatable bonds is 6. The molecule has 1 atom stereocenters. The third-order valence-electron chi connectivity index (χ3n) is 5.76. The number of hydrogen-bond acceptors (Lipinski definition) is 5. The van der Waals surface area contributed by atoms with Gasteiger partial charge >= 0.3 is 0 Å². The Morgan fingerprint density at radius 3 is 2.81 bits per heavy atom. The molecule has 1 N–H and O–H groups in total. The molecule has 144 valence electrons. The van der Waals surface area contributed by atoms with Gasteiger partial charge in [-0.2, -0.15) is 0 Å². The number of amides is 1. The maximum absolute atomic E-state index is 12.5. The molecule has 1 aromatic rings. The van der Waals surface area contributed by atoms with E-state index in [0.29, 0.717) is 18.2 Å². The molecule has 2 aliphatic rings. The Morgan fingerprint density at radius 1 is 1.23 bits per heavy atom. The van der Waals surface area contributed by atoms with Gasteiger partial charge in [-0.15, -0.1) is 0 Å². The van der Waals surface area contributed by atoms with Gasteiger partial charge in [0.2, 0.25) is 5.91 Å². The molecule has 0 aromatic carbocycles. The van der Waals surface area contributed by atoms with Gasteiger partial charge in [0.1, 0.15) is 18.0 Å². The van der Waals surface area contributed by atoms with Gasteiger partial charge in [0.05, 0.1) is 0 Å². The van der Waals surface area contributed by atoms with E-state index in [2.05, 4.69) is 38.9 Å². The van der Waals surface area contributed by atoms with Gasteiger partial charge in [-0.1, -0.05) is 6.92 Å². The first-order valence-corrected chi connectivity index (χ1v) is 10.2. The minimum atomic E-state index is 0.352. The summed E-state index contributed by atoms with van der Waals surface area (Å²) in [5.41, 5.74) is 0. The summed E-state index contributed by atoms with van der Waals surface area (Å²) >= 11 is 0. The quantitative estimate of drug-likeness (QED) is 0.845. The van der Waals surface area contributed by atoms with Crippen LogP contribution in [0.5, 0.6) is 0 Å². The number of hydrogen-bond donors (Lipinski definition) is 1. The minimum absolute atomic E-state index is 0.352. The van der Waals surface area contributed by atoms with E-state index in [0.717, 1.165) is 69.5 Å². The highest BCUT2D eigenvalue weighted by Crippen LogP contribution is 2.26. The molecular formula is C20H33N5O. The number of anilines is 2. The predicted octanol–water partition coefficient (Wildman–Crippen LogP) is 3.16. The van der Waals surface area contributed by atoms with Crippen LogP contribution in [0.25, 0.3) is 0 Å². The Morgan fingerprint density at radius 2 is 2.04 bits per heavy atom. The summed E-state index contributed by atoms with van der Waals surface area (Å²) in [5, 5.41) is 3.25. The van der Waals surface area contributed by atoms with E-state index in [9.17, 15) is 4.79 Å². The lowest BCUT2D eigenvalue weighted by atomic mass is 9.92. The Kier molecular flexibility index (Phi) is 6.69. The fraction of sp³-hybridized carbons (Fsp3) is 0.750. The molecule has 1 amide bonds. The van der Waals surface area contributed by atoms with E-state index in [1.165, 1.54) is 12.8 Å². The van der Waals surface area contributed by atoms with E-state index >= 15 is 0 Å². The fourth-order valence-corrected chi connectivity index (χ4v) is 4.05. The van der Waals surface area contributed by atoms with Crippen LogP contribution in [-0.4, -0.2) is 53.5 Å². The van der Waals surface area contributed by atoms with Crippen LogP contribution in [0.3, 0.4) is 0 Å². The summed E-state index contributed by atoms with van der Waals surface area (Å²) in [5.74, 6) is 3.58. The van der Waals surface area contributed by atoms with E-state index < -0.39 is 0 Å². The molecule has 6 nitrogen and oxygen atoms in total. The molecule has 2 saturated heterocycles. The largest absolute Gasteiger partial charge is 0.370 e. The fourth-order valence-electron chi connectivity index (χ4n) is 4.05. The monoisotopic (exact) mass is 359 g/mol. The van der Waals surface area contributed by atoms with Gasteiger partial charge in [0, 0.05) is 45.2 Å². The molecule has 0 bridgehead atoms. The summed E-state index contributed by atoms with van der Waals surface area (Å²) < 4.78 is 0. The number of nitrogens with one attached hydrogen (secondary N) is 1. The number of likely N-dealkylation sites (tertiary alicyclic amines) is 1. The molecule has 3 heterocycles. The highest BCUT2D eigenvalue weighted by atomic mass is 16.2. The molecule has 1 aromatic heterocycles. The Bertz CT molecular complexity index is 585. The van der Waals surface area contributed by atoms with Gasteiger partial charge in [-0.3, -0.25) is 4.79 Å². The first kappa shape index (κ1) is 18.9. The van der Waals surface area contributed by atoms with Gasteiger partial charge in [-0.05, 0) is 50.9 Å². The second-order valence-electron chi connectivity index (χ2n) is 7.85. The van der Waals surface area contributed by atoms with Crippen molar-refractivity contribution in [2.75, 3.05) is 42.9 Å². The van der Waals surface area contributed by atoms with Crippen molar-refractivity contribution in [2.45, 2.75) is 52.4 Å². The van der Waals surface area contributed by atoms with Crippen LogP contribution in [0.1, 0.15) is 52.4 Å². The molecule has 3 rings (SSSR count). The summed E-state index contributed by atoms with van der Waals surface area (Å²) in [6.45, 7) is 9.14. The van der Waals surface area contributed by atoms with Crippen molar-refractivity contribution < 1.29 is 4.79 Å². The molecule has 0 saturated carbocycles. The summed E-state index contributed by atoms with van der Waals surface area (Å²) in [4.78, 5) is 25.6. The van der Waals surface area contributed by atoms with Crippen LogP contribution in [0.15, 0.2) is 12.4 Å². The van der Waals surface area contributed by atoms with Crippen molar-refractivity contribution in [3.8, 4) is 0 Å². The second-order valence-corrected chi connectivity index (χ2v) is 7.85. The number of nitrogens with zero attached hydrogens (tertiary/aromatic N) is 4. The molecule has 26 heavy (non-hydrogen) atoms. The maximum atomic E-state index is 12.5. The zero-order valence-corrected chi connectivity index (χ0v) is 16.3. The molecule has 0 radical (unpaired) electrons. The van der Waals surface area contributed by atoms with Gasteiger partial charge in [0.25, 0.3) is 0 Å². The Hall–Kier alpha value is -1.85. The van der Waals surface area contributed by atoms with Gasteiger partial charge in [0.15, 0.2) is 0 Å². The van der Waals surface area contributed by atoms with Crippen molar-refractivity contribution in [2.24, 2.45) is 11.8 Å². The normalized spacial score (nSPS) is 21.7. The summed E-state index contributed by atoms with van der Waals surface area (Å²) in [6.07, 6.45) is 8.02. The lowest BCUT2D eigenvalue weighted by Gasteiger charge is -2.34. The average molecular weight is 360 g/mol. The zero-order valence-electron chi connectivity index (χ0n) is 16.3. The lowest BCUT2D eigenvalue weighted by Crippen LogP contribution is -2.39. The van der Waals surface area contributed by atoms with E-state index in [4.69, 9.17) is 0 Å². The van der Waals surface area contributed by atoms with Crippen molar-refractivity contribution in [3.63, 3.8) is 0 Å². The topological polar surface area (TPSA) is 61.4 Å². The molecule has 1 unspecified atom stereocenters. The summed E-state index contributed by atoms with van der Waals surface area (Å²) in [7, 11) is 0. The molecule has 0 spiro atoms. The third-order valence-corrected chi connectivity index (χ3v) is 5.76. The van der Waals surface area contributed by atoms with Crippen LogP contribution in [0.2, 0.25) is 0 Å². The maximum Gasteiger partial charge on any atom is 0.222 e. The number of carbonyl (C=O) groups is 1. The van der Waals surface area contributed by atoms with Crippen LogP contribution in [0.4, 0.5) is 11.6 Å². The third kappa shape index (κ3) is 5.08. The zero-order chi connectivity index (χ0) is 18.4. The van der Waals surface area contributed by atoms with Crippen LogP contribution in [-0.2, 0) is 4.79 Å². The van der Waals surface area contributed by atoms with Crippen LogP contribution in [0, 0.1) is 11.8 Å².